The molecule has 1 aliphatic rings. The summed E-state index contributed by atoms with van der Waals surface area (Å²) in [6, 6.07) is 0. The normalized spacial score (nSPS) is 35.3. The van der Waals surface area contributed by atoms with Gasteiger partial charge in [-0.3, -0.25) is 0 Å². The predicted octanol–water partition coefficient (Wildman–Crippen LogP) is 2.93. The molecule has 0 bridgehead atoms. The molecule has 1 saturated heterocycles. The summed E-state index contributed by atoms with van der Waals surface area (Å²) in [4.78, 5) is 0. The van der Waals surface area contributed by atoms with Gasteiger partial charge < -0.3 is 0 Å². The van der Waals surface area contributed by atoms with Crippen LogP contribution in [0.4, 0.5) is 0 Å². The minimum atomic E-state index is 0.946. The molecule has 0 aromatic heterocycles. The Labute approximate surface area is 62.4 Å². The van der Waals surface area contributed by atoms with Gasteiger partial charge in [0.15, 0.2) is 0 Å². The van der Waals surface area contributed by atoms with E-state index in [1.807, 2.05) is 0 Å². The fraction of sp³-hybridized carbons (Fsp3) is 1.00. The monoisotopic (exact) mass is 144 g/mol. The zero-order valence-electron chi connectivity index (χ0n) is 6.39. The highest BCUT2D eigenvalue weighted by molar-refractivity contribution is 8.00. The zero-order valence-corrected chi connectivity index (χ0v) is 7.21. The van der Waals surface area contributed by atoms with Crippen LogP contribution in [0.3, 0.4) is 0 Å². The lowest BCUT2D eigenvalue weighted by Crippen LogP contribution is -1.97. The van der Waals surface area contributed by atoms with Gasteiger partial charge in [0.2, 0.25) is 0 Å². The average Bonchev–Trinajstić information content (AvgIpc) is 2.17. The van der Waals surface area contributed by atoms with Gasteiger partial charge in [-0.25, -0.2) is 0 Å². The quantitative estimate of drug-likeness (QED) is 0.574. The number of hydrogen-bond donors (Lipinski definition) is 0. The van der Waals surface area contributed by atoms with Gasteiger partial charge in [0.1, 0.15) is 0 Å². The van der Waals surface area contributed by atoms with Gasteiger partial charge in [0, 0.05) is 5.25 Å². The summed E-state index contributed by atoms with van der Waals surface area (Å²) in [7, 11) is 0. The van der Waals surface area contributed by atoms with Crippen molar-refractivity contribution in [2.75, 3.05) is 5.75 Å². The van der Waals surface area contributed by atoms with Crippen molar-refractivity contribution in [1.82, 2.24) is 0 Å². The van der Waals surface area contributed by atoms with Gasteiger partial charge in [-0.1, -0.05) is 20.3 Å². The first-order valence-corrected chi connectivity index (χ1v) is 4.99. The Bertz CT molecular complexity index is 78.6. The van der Waals surface area contributed by atoms with E-state index in [1.165, 1.54) is 25.0 Å². The molecule has 1 fully saturated rings. The van der Waals surface area contributed by atoms with E-state index in [2.05, 4.69) is 25.6 Å². The number of rotatable bonds is 2. The van der Waals surface area contributed by atoms with Crippen LogP contribution in [0.15, 0.2) is 0 Å². The Morgan fingerprint density at radius 3 is 2.78 bits per heavy atom. The van der Waals surface area contributed by atoms with Crippen molar-refractivity contribution in [2.45, 2.75) is 38.4 Å². The smallest absolute Gasteiger partial charge is 0.00217 e. The highest BCUT2D eigenvalue weighted by Crippen LogP contribution is 2.33. The average molecular weight is 144 g/mol. The van der Waals surface area contributed by atoms with Crippen molar-refractivity contribution in [3.05, 3.63) is 0 Å². The molecule has 0 radical (unpaired) electrons. The van der Waals surface area contributed by atoms with E-state index in [0.717, 1.165) is 11.2 Å². The van der Waals surface area contributed by atoms with Crippen molar-refractivity contribution >= 4 is 11.8 Å². The molecule has 2 atom stereocenters. The summed E-state index contributed by atoms with van der Waals surface area (Å²) in [6.07, 6.45) is 4.30. The van der Waals surface area contributed by atoms with E-state index in [1.54, 1.807) is 0 Å². The summed E-state index contributed by atoms with van der Waals surface area (Å²) < 4.78 is 0. The summed E-state index contributed by atoms with van der Waals surface area (Å²) >= 11 is 2.15. The molecule has 0 aromatic carbocycles. The molecule has 1 aliphatic heterocycles. The Morgan fingerprint density at radius 2 is 2.33 bits per heavy atom. The maximum Gasteiger partial charge on any atom is 0.00217 e. The van der Waals surface area contributed by atoms with Gasteiger partial charge in [-0.05, 0) is 24.5 Å². The molecule has 0 N–H and O–H groups in total. The van der Waals surface area contributed by atoms with Crippen LogP contribution in [0, 0.1) is 5.92 Å². The van der Waals surface area contributed by atoms with Gasteiger partial charge in [-0.2, -0.15) is 11.8 Å². The number of hydrogen-bond acceptors (Lipinski definition) is 1. The van der Waals surface area contributed by atoms with Crippen LogP contribution < -0.4 is 0 Å². The topological polar surface area (TPSA) is 0 Å². The molecular weight excluding hydrogens is 128 g/mol. The molecule has 9 heavy (non-hydrogen) atoms. The third kappa shape index (κ3) is 2.21. The van der Waals surface area contributed by atoms with Crippen LogP contribution in [-0.2, 0) is 0 Å². The lowest BCUT2D eigenvalue weighted by molar-refractivity contribution is 0.515. The van der Waals surface area contributed by atoms with Crippen molar-refractivity contribution in [3.8, 4) is 0 Å². The SMILES string of the molecule is CCCC1CSC(C)C1. The second kappa shape index (κ2) is 3.50. The molecule has 1 heteroatoms. The first kappa shape index (κ1) is 7.46. The molecular formula is C8H16S. The molecule has 1 heterocycles. The summed E-state index contributed by atoms with van der Waals surface area (Å²) in [5.74, 6) is 2.48. The Hall–Kier alpha value is 0.350. The first-order valence-electron chi connectivity index (χ1n) is 3.94. The van der Waals surface area contributed by atoms with Crippen molar-refractivity contribution in [2.24, 2.45) is 5.92 Å². The lowest BCUT2D eigenvalue weighted by atomic mass is 10.0. The first-order chi connectivity index (χ1) is 4.33. The van der Waals surface area contributed by atoms with Crippen molar-refractivity contribution in [3.63, 3.8) is 0 Å². The standard InChI is InChI=1S/C8H16S/c1-3-4-8-5-7(2)9-6-8/h7-8H,3-6H2,1-2H3. The van der Waals surface area contributed by atoms with Crippen LogP contribution in [0.5, 0.6) is 0 Å². The molecule has 0 aromatic rings. The fourth-order valence-electron chi connectivity index (χ4n) is 1.52. The van der Waals surface area contributed by atoms with Gasteiger partial charge in [-0.15, -0.1) is 0 Å². The summed E-state index contributed by atoms with van der Waals surface area (Å²) in [5, 5.41) is 0.946. The highest BCUT2D eigenvalue weighted by Gasteiger charge is 2.20. The van der Waals surface area contributed by atoms with E-state index in [-0.39, 0.29) is 0 Å². The molecule has 2 unspecified atom stereocenters. The minimum absolute atomic E-state index is 0.946. The summed E-state index contributed by atoms with van der Waals surface area (Å²) in [5.41, 5.74) is 0. The highest BCUT2D eigenvalue weighted by atomic mass is 32.2. The number of thioether (sulfide) groups is 1. The molecule has 0 saturated carbocycles. The Kier molecular flexibility index (Phi) is 2.90. The van der Waals surface area contributed by atoms with Crippen LogP contribution in [-0.4, -0.2) is 11.0 Å². The maximum atomic E-state index is 2.35. The van der Waals surface area contributed by atoms with Gasteiger partial charge >= 0.3 is 0 Å². The fourth-order valence-corrected chi connectivity index (χ4v) is 2.83. The molecule has 54 valence electrons. The molecule has 0 aliphatic carbocycles. The van der Waals surface area contributed by atoms with E-state index in [4.69, 9.17) is 0 Å². The van der Waals surface area contributed by atoms with Crippen molar-refractivity contribution < 1.29 is 0 Å². The van der Waals surface area contributed by atoms with Gasteiger partial charge in [0.05, 0.1) is 0 Å². The van der Waals surface area contributed by atoms with Crippen LogP contribution in [0.2, 0.25) is 0 Å². The molecule has 1 rings (SSSR count). The van der Waals surface area contributed by atoms with E-state index in [0.29, 0.717) is 0 Å². The van der Waals surface area contributed by atoms with Crippen LogP contribution in [0.1, 0.15) is 33.1 Å². The van der Waals surface area contributed by atoms with Crippen molar-refractivity contribution in [1.29, 1.82) is 0 Å². The molecule has 0 nitrogen and oxygen atoms in total. The van der Waals surface area contributed by atoms with E-state index in [9.17, 15) is 0 Å². The summed E-state index contributed by atoms with van der Waals surface area (Å²) in [6.45, 7) is 4.63. The Morgan fingerprint density at radius 1 is 1.56 bits per heavy atom. The molecule has 0 amide bonds. The largest absolute Gasteiger partial charge is 0.159 e. The second-order valence-electron chi connectivity index (χ2n) is 3.03. The van der Waals surface area contributed by atoms with Gasteiger partial charge in [0.25, 0.3) is 0 Å². The zero-order chi connectivity index (χ0) is 6.69. The third-order valence-electron chi connectivity index (χ3n) is 1.98. The maximum absolute atomic E-state index is 2.35. The van der Waals surface area contributed by atoms with E-state index >= 15 is 0 Å². The van der Waals surface area contributed by atoms with E-state index < -0.39 is 0 Å². The third-order valence-corrected chi connectivity index (χ3v) is 3.40. The van der Waals surface area contributed by atoms with Crippen LogP contribution >= 0.6 is 11.8 Å². The lowest BCUT2D eigenvalue weighted by Gasteiger charge is -2.03. The molecule has 0 spiro atoms. The minimum Gasteiger partial charge on any atom is -0.159 e. The Balaban J connectivity index is 2.14. The van der Waals surface area contributed by atoms with Crippen LogP contribution in [0.25, 0.3) is 0 Å². The predicted molar refractivity (Wildman–Crippen MR) is 44.9 cm³/mol. The second-order valence-corrected chi connectivity index (χ2v) is 4.51.